The molecule has 2 aromatic rings. The SMILES string of the molecule is CC(C)c1cccc(-c2ccc(F)c(O)c2)c1. The highest BCUT2D eigenvalue weighted by atomic mass is 19.1. The summed E-state index contributed by atoms with van der Waals surface area (Å²) in [4.78, 5) is 0. The standard InChI is InChI=1S/C15H15FO/c1-10(2)11-4-3-5-12(8-11)13-6-7-14(16)15(17)9-13/h3-10,17H,1-2H3. The lowest BCUT2D eigenvalue weighted by Gasteiger charge is -2.08. The summed E-state index contributed by atoms with van der Waals surface area (Å²) in [5, 5.41) is 9.36. The molecule has 0 fully saturated rings. The van der Waals surface area contributed by atoms with E-state index in [-0.39, 0.29) is 5.75 Å². The maximum Gasteiger partial charge on any atom is 0.164 e. The molecule has 0 unspecified atom stereocenters. The van der Waals surface area contributed by atoms with Crippen molar-refractivity contribution in [3.8, 4) is 16.9 Å². The van der Waals surface area contributed by atoms with Crippen molar-refractivity contribution in [2.75, 3.05) is 0 Å². The first-order valence-electron chi connectivity index (χ1n) is 5.67. The van der Waals surface area contributed by atoms with Gasteiger partial charge in [0.1, 0.15) is 0 Å². The van der Waals surface area contributed by atoms with Crippen LogP contribution in [0.3, 0.4) is 0 Å². The Morgan fingerprint density at radius 2 is 1.71 bits per heavy atom. The van der Waals surface area contributed by atoms with Crippen LogP contribution in [0.1, 0.15) is 25.3 Å². The van der Waals surface area contributed by atoms with Crippen LogP contribution in [0.15, 0.2) is 42.5 Å². The summed E-state index contributed by atoms with van der Waals surface area (Å²) in [7, 11) is 0. The Morgan fingerprint density at radius 1 is 1.00 bits per heavy atom. The van der Waals surface area contributed by atoms with Crippen LogP contribution in [0, 0.1) is 5.82 Å². The van der Waals surface area contributed by atoms with E-state index in [1.54, 1.807) is 6.07 Å². The molecule has 0 aliphatic rings. The summed E-state index contributed by atoms with van der Waals surface area (Å²) in [5.74, 6) is -0.449. The lowest BCUT2D eigenvalue weighted by atomic mass is 9.97. The van der Waals surface area contributed by atoms with Gasteiger partial charge in [0.2, 0.25) is 0 Å². The van der Waals surface area contributed by atoms with Crippen molar-refractivity contribution in [1.29, 1.82) is 0 Å². The van der Waals surface area contributed by atoms with Crippen LogP contribution in [0.4, 0.5) is 4.39 Å². The predicted molar refractivity (Wildman–Crippen MR) is 67.6 cm³/mol. The van der Waals surface area contributed by atoms with Gasteiger partial charge in [-0.1, -0.05) is 44.2 Å². The first kappa shape index (κ1) is 11.6. The molecule has 0 aromatic heterocycles. The lowest BCUT2D eigenvalue weighted by molar-refractivity contribution is 0.433. The van der Waals surface area contributed by atoms with E-state index in [0.717, 1.165) is 11.1 Å². The van der Waals surface area contributed by atoms with Gasteiger partial charge in [-0.05, 0) is 34.7 Å². The van der Waals surface area contributed by atoms with Crippen molar-refractivity contribution >= 4 is 0 Å². The maximum absolute atomic E-state index is 13.0. The van der Waals surface area contributed by atoms with E-state index in [1.807, 2.05) is 12.1 Å². The molecule has 0 saturated heterocycles. The van der Waals surface area contributed by atoms with Gasteiger partial charge in [0.05, 0.1) is 0 Å². The summed E-state index contributed by atoms with van der Waals surface area (Å²) < 4.78 is 13.0. The zero-order valence-corrected chi connectivity index (χ0v) is 9.94. The highest BCUT2D eigenvalue weighted by Crippen LogP contribution is 2.27. The van der Waals surface area contributed by atoms with Crippen LogP contribution >= 0.6 is 0 Å². The Hall–Kier alpha value is -1.83. The first-order chi connectivity index (χ1) is 8.08. The van der Waals surface area contributed by atoms with Gasteiger partial charge in [0, 0.05) is 0 Å². The van der Waals surface area contributed by atoms with Crippen LogP contribution in [-0.2, 0) is 0 Å². The molecule has 2 heteroatoms. The molecule has 17 heavy (non-hydrogen) atoms. The van der Waals surface area contributed by atoms with Crippen molar-refractivity contribution in [1.82, 2.24) is 0 Å². The molecule has 1 nitrogen and oxygen atoms in total. The van der Waals surface area contributed by atoms with Gasteiger partial charge in [-0.25, -0.2) is 4.39 Å². The molecule has 0 atom stereocenters. The Bertz CT molecular complexity index is 532. The van der Waals surface area contributed by atoms with Gasteiger partial charge in [-0.3, -0.25) is 0 Å². The zero-order valence-electron chi connectivity index (χ0n) is 9.94. The number of phenols is 1. The third-order valence-corrected chi connectivity index (χ3v) is 2.83. The monoisotopic (exact) mass is 230 g/mol. The van der Waals surface area contributed by atoms with Crippen molar-refractivity contribution in [2.45, 2.75) is 19.8 Å². The Morgan fingerprint density at radius 3 is 2.35 bits per heavy atom. The number of rotatable bonds is 2. The molecular weight excluding hydrogens is 215 g/mol. The lowest BCUT2D eigenvalue weighted by Crippen LogP contribution is -1.88. The van der Waals surface area contributed by atoms with E-state index in [1.165, 1.54) is 17.7 Å². The zero-order chi connectivity index (χ0) is 12.4. The Labute approximate surface area is 101 Å². The molecule has 0 aliphatic heterocycles. The maximum atomic E-state index is 13.0. The molecule has 0 aliphatic carbocycles. The van der Waals surface area contributed by atoms with Crippen molar-refractivity contribution in [3.05, 3.63) is 53.8 Å². The van der Waals surface area contributed by atoms with Crippen molar-refractivity contribution < 1.29 is 9.50 Å². The van der Waals surface area contributed by atoms with Crippen molar-refractivity contribution in [3.63, 3.8) is 0 Å². The second-order valence-corrected chi connectivity index (χ2v) is 4.45. The molecular formula is C15H15FO. The van der Waals surface area contributed by atoms with E-state index in [4.69, 9.17) is 0 Å². The number of hydrogen-bond acceptors (Lipinski definition) is 1. The predicted octanol–water partition coefficient (Wildman–Crippen LogP) is 4.32. The summed E-state index contributed by atoms with van der Waals surface area (Å²) in [6.07, 6.45) is 0. The molecule has 0 amide bonds. The fraction of sp³-hybridized carbons (Fsp3) is 0.200. The number of phenolic OH excluding ortho intramolecular Hbond substituents is 1. The van der Waals surface area contributed by atoms with E-state index in [0.29, 0.717) is 5.92 Å². The van der Waals surface area contributed by atoms with Gasteiger partial charge < -0.3 is 5.11 Å². The number of halogens is 1. The minimum atomic E-state index is -0.589. The fourth-order valence-electron chi connectivity index (χ4n) is 1.77. The molecule has 0 radical (unpaired) electrons. The molecule has 88 valence electrons. The minimum Gasteiger partial charge on any atom is -0.505 e. The summed E-state index contributed by atoms with van der Waals surface area (Å²) in [5.41, 5.74) is 3.05. The fourth-order valence-corrected chi connectivity index (χ4v) is 1.77. The average Bonchev–Trinajstić information content (AvgIpc) is 2.33. The van der Waals surface area contributed by atoms with Crippen LogP contribution in [0.25, 0.3) is 11.1 Å². The van der Waals surface area contributed by atoms with E-state index >= 15 is 0 Å². The smallest absolute Gasteiger partial charge is 0.164 e. The highest BCUT2D eigenvalue weighted by Gasteiger charge is 2.05. The second kappa shape index (κ2) is 4.58. The van der Waals surface area contributed by atoms with Crippen LogP contribution in [0.5, 0.6) is 5.75 Å². The van der Waals surface area contributed by atoms with Crippen LogP contribution < -0.4 is 0 Å². The van der Waals surface area contributed by atoms with Gasteiger partial charge >= 0.3 is 0 Å². The normalized spacial score (nSPS) is 10.8. The molecule has 0 saturated carbocycles. The quantitative estimate of drug-likeness (QED) is 0.814. The number of hydrogen-bond donors (Lipinski definition) is 1. The third kappa shape index (κ3) is 2.47. The van der Waals surface area contributed by atoms with Gasteiger partial charge in [-0.2, -0.15) is 0 Å². The summed E-state index contributed by atoms with van der Waals surface area (Å²) in [6, 6.07) is 12.5. The Balaban J connectivity index is 2.45. The molecule has 0 bridgehead atoms. The minimum absolute atomic E-state index is 0.308. The summed E-state index contributed by atoms with van der Waals surface area (Å²) in [6.45, 7) is 4.25. The second-order valence-electron chi connectivity index (χ2n) is 4.45. The highest BCUT2D eigenvalue weighted by molar-refractivity contribution is 5.66. The number of aromatic hydroxyl groups is 1. The van der Waals surface area contributed by atoms with E-state index < -0.39 is 5.82 Å². The molecule has 0 heterocycles. The molecule has 1 N–H and O–H groups in total. The first-order valence-corrected chi connectivity index (χ1v) is 5.67. The van der Waals surface area contributed by atoms with Crippen LogP contribution in [-0.4, -0.2) is 5.11 Å². The topological polar surface area (TPSA) is 20.2 Å². The molecule has 2 rings (SSSR count). The van der Waals surface area contributed by atoms with Crippen molar-refractivity contribution in [2.24, 2.45) is 0 Å². The van der Waals surface area contributed by atoms with Crippen LogP contribution in [0.2, 0.25) is 0 Å². The molecule has 2 aromatic carbocycles. The average molecular weight is 230 g/mol. The van der Waals surface area contributed by atoms with Gasteiger partial charge in [0.15, 0.2) is 11.6 Å². The van der Waals surface area contributed by atoms with E-state index in [9.17, 15) is 9.50 Å². The third-order valence-electron chi connectivity index (χ3n) is 2.83. The summed E-state index contributed by atoms with van der Waals surface area (Å²) >= 11 is 0. The molecule has 0 spiro atoms. The van der Waals surface area contributed by atoms with Gasteiger partial charge in [-0.15, -0.1) is 0 Å². The van der Waals surface area contributed by atoms with Gasteiger partial charge in [0.25, 0.3) is 0 Å². The van der Waals surface area contributed by atoms with E-state index in [2.05, 4.69) is 26.0 Å². The Kier molecular flexibility index (Phi) is 3.14. The number of benzene rings is 2. The largest absolute Gasteiger partial charge is 0.505 e.